The Morgan fingerprint density at radius 1 is 1.06 bits per heavy atom. The van der Waals surface area contributed by atoms with Gasteiger partial charge in [0, 0.05) is 31.6 Å². The molecule has 0 bridgehead atoms. The largest absolute Gasteiger partial charge is 0.497 e. The Hall–Kier alpha value is -3.81. The Labute approximate surface area is 187 Å². The van der Waals surface area contributed by atoms with E-state index >= 15 is 0 Å². The fraction of sp³-hybridized carbons (Fsp3) is 0.292. The zero-order valence-electron chi connectivity index (χ0n) is 18.3. The van der Waals surface area contributed by atoms with E-state index in [4.69, 9.17) is 9.73 Å². The van der Waals surface area contributed by atoms with Crippen LogP contribution in [-0.4, -0.2) is 65.5 Å². The van der Waals surface area contributed by atoms with Gasteiger partial charge in [-0.1, -0.05) is 36.4 Å². The van der Waals surface area contributed by atoms with Gasteiger partial charge in [-0.2, -0.15) is 0 Å². The SMILES string of the molecule is COc1cccc(N2C(C)=CN3C2=NC2C3C(=O)N(CCc3ccccc3)C(=O)N2C)c1. The van der Waals surface area contributed by atoms with Gasteiger partial charge in [0.2, 0.25) is 5.96 Å². The van der Waals surface area contributed by atoms with Crippen LogP contribution in [0.4, 0.5) is 10.5 Å². The standard InChI is InChI=1S/C24H25N5O3/c1-16-15-28-20-21(25-23(28)29(16)18-10-7-11-19(14-18)32-3)26(2)24(31)27(22(20)30)13-12-17-8-5-4-6-9-17/h4-11,14-15,20-21H,12-13H2,1-3H3. The summed E-state index contributed by atoms with van der Waals surface area (Å²) in [6.45, 7) is 2.31. The molecule has 2 atom stereocenters. The van der Waals surface area contributed by atoms with Crippen molar-refractivity contribution in [3.63, 3.8) is 0 Å². The number of carbonyl (C=O) groups is 2. The number of fused-ring (bicyclic) bond motifs is 3. The highest BCUT2D eigenvalue weighted by atomic mass is 16.5. The van der Waals surface area contributed by atoms with Crippen LogP contribution in [0, 0.1) is 0 Å². The molecule has 3 aliphatic heterocycles. The Kier molecular flexibility index (Phi) is 4.84. The van der Waals surface area contributed by atoms with Gasteiger partial charge in [0.05, 0.1) is 12.8 Å². The molecule has 164 valence electrons. The van der Waals surface area contributed by atoms with Crippen molar-refractivity contribution in [2.45, 2.75) is 25.6 Å². The van der Waals surface area contributed by atoms with E-state index in [2.05, 4.69) is 0 Å². The molecule has 8 nitrogen and oxygen atoms in total. The Morgan fingerprint density at radius 3 is 2.59 bits per heavy atom. The first-order valence-corrected chi connectivity index (χ1v) is 10.6. The number of anilines is 1. The fourth-order valence-corrected chi connectivity index (χ4v) is 4.51. The summed E-state index contributed by atoms with van der Waals surface area (Å²) in [6, 6.07) is 16.7. The lowest BCUT2D eigenvalue weighted by molar-refractivity contribution is -0.136. The number of urea groups is 1. The lowest BCUT2D eigenvalue weighted by Gasteiger charge is -2.40. The number of benzene rings is 2. The molecular formula is C24H25N5O3. The van der Waals surface area contributed by atoms with Gasteiger partial charge in [0.25, 0.3) is 5.91 Å². The molecule has 1 saturated heterocycles. The van der Waals surface area contributed by atoms with Gasteiger partial charge in [-0.25, -0.2) is 9.79 Å². The molecule has 32 heavy (non-hydrogen) atoms. The van der Waals surface area contributed by atoms with E-state index in [1.807, 2.05) is 77.5 Å². The van der Waals surface area contributed by atoms with Crippen LogP contribution < -0.4 is 9.64 Å². The Balaban J connectivity index is 1.42. The molecule has 1 fully saturated rings. The number of aliphatic imine (C=N–C) groups is 1. The average molecular weight is 431 g/mol. The van der Waals surface area contributed by atoms with Crippen LogP contribution in [0.2, 0.25) is 0 Å². The summed E-state index contributed by atoms with van der Waals surface area (Å²) < 4.78 is 5.37. The molecule has 3 aliphatic rings. The monoisotopic (exact) mass is 431 g/mol. The molecule has 0 saturated carbocycles. The zero-order valence-corrected chi connectivity index (χ0v) is 18.3. The Morgan fingerprint density at radius 2 is 1.84 bits per heavy atom. The van der Waals surface area contributed by atoms with Gasteiger partial charge in [0.1, 0.15) is 5.75 Å². The normalized spacial score (nSPS) is 22.1. The van der Waals surface area contributed by atoms with E-state index in [0.29, 0.717) is 18.9 Å². The predicted molar refractivity (Wildman–Crippen MR) is 121 cm³/mol. The van der Waals surface area contributed by atoms with E-state index in [0.717, 1.165) is 22.7 Å². The molecule has 0 N–H and O–H groups in total. The minimum absolute atomic E-state index is 0.218. The van der Waals surface area contributed by atoms with Gasteiger partial charge in [-0.15, -0.1) is 0 Å². The summed E-state index contributed by atoms with van der Waals surface area (Å²) in [7, 11) is 3.34. The predicted octanol–water partition coefficient (Wildman–Crippen LogP) is 2.88. The molecule has 2 unspecified atom stereocenters. The molecular weight excluding hydrogens is 406 g/mol. The number of carbonyl (C=O) groups excluding carboxylic acids is 2. The second-order valence-corrected chi connectivity index (χ2v) is 8.12. The number of allylic oxidation sites excluding steroid dienone is 1. The number of guanidine groups is 1. The smallest absolute Gasteiger partial charge is 0.328 e. The third-order valence-corrected chi connectivity index (χ3v) is 6.17. The van der Waals surface area contributed by atoms with Crippen LogP contribution in [-0.2, 0) is 11.2 Å². The molecule has 2 aromatic rings. The van der Waals surface area contributed by atoms with Crippen molar-refractivity contribution in [1.29, 1.82) is 0 Å². The van der Waals surface area contributed by atoms with E-state index in [1.165, 1.54) is 4.90 Å². The number of likely N-dealkylation sites (N-methyl/N-ethyl adjacent to an activating group) is 1. The van der Waals surface area contributed by atoms with Crippen molar-refractivity contribution in [2.24, 2.45) is 4.99 Å². The highest BCUT2D eigenvalue weighted by molar-refractivity contribution is 6.09. The van der Waals surface area contributed by atoms with E-state index in [9.17, 15) is 9.59 Å². The number of rotatable bonds is 5. The van der Waals surface area contributed by atoms with Crippen molar-refractivity contribution < 1.29 is 14.3 Å². The molecule has 2 aromatic carbocycles. The van der Waals surface area contributed by atoms with Crippen LogP contribution in [0.5, 0.6) is 5.75 Å². The summed E-state index contributed by atoms with van der Waals surface area (Å²) in [5.74, 6) is 1.16. The van der Waals surface area contributed by atoms with Crippen molar-refractivity contribution in [1.82, 2.24) is 14.7 Å². The van der Waals surface area contributed by atoms with E-state index < -0.39 is 12.2 Å². The molecule has 0 radical (unpaired) electrons. The molecule has 5 rings (SSSR count). The van der Waals surface area contributed by atoms with Gasteiger partial charge < -0.3 is 14.5 Å². The lowest BCUT2D eigenvalue weighted by Crippen LogP contribution is -2.64. The van der Waals surface area contributed by atoms with Crippen molar-refractivity contribution in [2.75, 3.05) is 25.6 Å². The van der Waals surface area contributed by atoms with Gasteiger partial charge in [-0.3, -0.25) is 14.6 Å². The quantitative estimate of drug-likeness (QED) is 0.728. The van der Waals surface area contributed by atoms with Crippen LogP contribution in [0.25, 0.3) is 0 Å². The van der Waals surface area contributed by atoms with Crippen molar-refractivity contribution >= 4 is 23.6 Å². The molecule has 0 aromatic heterocycles. The average Bonchev–Trinajstić information content (AvgIpc) is 3.32. The highest BCUT2D eigenvalue weighted by Gasteiger charge is 2.54. The summed E-state index contributed by atoms with van der Waals surface area (Å²) in [5.41, 5.74) is 2.92. The number of imide groups is 1. The first-order chi connectivity index (χ1) is 15.5. The second kappa shape index (κ2) is 7.71. The van der Waals surface area contributed by atoms with Crippen LogP contribution in [0.1, 0.15) is 12.5 Å². The fourth-order valence-electron chi connectivity index (χ4n) is 4.51. The highest BCUT2D eigenvalue weighted by Crippen LogP contribution is 2.37. The topological polar surface area (TPSA) is 68.7 Å². The van der Waals surface area contributed by atoms with Crippen LogP contribution >= 0.6 is 0 Å². The first-order valence-electron chi connectivity index (χ1n) is 10.6. The van der Waals surface area contributed by atoms with Crippen LogP contribution in [0.3, 0.4) is 0 Å². The van der Waals surface area contributed by atoms with Crippen LogP contribution in [0.15, 0.2) is 71.5 Å². The van der Waals surface area contributed by atoms with Gasteiger partial charge in [0.15, 0.2) is 12.2 Å². The Bertz CT molecular complexity index is 1130. The van der Waals surface area contributed by atoms with E-state index in [1.54, 1.807) is 19.1 Å². The van der Waals surface area contributed by atoms with E-state index in [-0.39, 0.29) is 11.9 Å². The maximum absolute atomic E-state index is 13.5. The van der Waals surface area contributed by atoms with Gasteiger partial charge >= 0.3 is 6.03 Å². The minimum Gasteiger partial charge on any atom is -0.497 e. The molecule has 3 amide bonds. The second-order valence-electron chi connectivity index (χ2n) is 8.12. The third kappa shape index (κ3) is 3.10. The summed E-state index contributed by atoms with van der Waals surface area (Å²) in [5, 5.41) is 0. The van der Waals surface area contributed by atoms with Crippen molar-refractivity contribution in [3.8, 4) is 5.75 Å². The number of hydrogen-bond donors (Lipinski definition) is 0. The number of nitrogens with zero attached hydrogens (tertiary/aromatic N) is 5. The summed E-state index contributed by atoms with van der Waals surface area (Å²) >= 11 is 0. The molecule has 0 spiro atoms. The molecule has 8 heteroatoms. The van der Waals surface area contributed by atoms with Gasteiger partial charge in [-0.05, 0) is 31.0 Å². The molecule has 3 heterocycles. The first kappa shape index (κ1) is 20.1. The maximum Gasteiger partial charge on any atom is 0.328 e. The lowest BCUT2D eigenvalue weighted by atomic mass is 10.1. The number of ether oxygens (including phenoxy) is 1. The van der Waals surface area contributed by atoms with Crippen molar-refractivity contribution in [3.05, 3.63) is 72.1 Å². The number of amides is 3. The maximum atomic E-state index is 13.5. The molecule has 0 aliphatic carbocycles. The third-order valence-electron chi connectivity index (χ3n) is 6.17. The number of hydrogen-bond acceptors (Lipinski definition) is 6. The number of methoxy groups -OCH3 is 1. The minimum atomic E-state index is -0.575. The summed E-state index contributed by atoms with van der Waals surface area (Å²) in [6.07, 6.45) is 1.98. The summed E-state index contributed by atoms with van der Waals surface area (Å²) in [4.78, 5) is 38.1. The zero-order chi connectivity index (χ0) is 22.4.